The van der Waals surface area contributed by atoms with E-state index in [4.69, 9.17) is 11.6 Å². The minimum absolute atomic E-state index is 0. The number of hydrogen-bond donors (Lipinski definition) is 2. The van der Waals surface area contributed by atoms with Gasteiger partial charge in [-0.25, -0.2) is 13.1 Å². The molecular formula is C11H15BrCl2N2O2S. The fourth-order valence-corrected chi connectivity index (χ4v) is 4.98. The monoisotopic (exact) mass is 388 g/mol. The molecule has 0 spiro atoms. The average Bonchev–Trinajstić information content (AvgIpc) is 2.28. The van der Waals surface area contributed by atoms with Crippen LogP contribution in [0.15, 0.2) is 27.6 Å². The summed E-state index contributed by atoms with van der Waals surface area (Å²) in [4.78, 5) is 0.109. The van der Waals surface area contributed by atoms with E-state index < -0.39 is 10.0 Å². The average molecular weight is 390 g/mol. The Labute approximate surface area is 132 Å². The first-order valence-electron chi connectivity index (χ1n) is 5.68. The van der Waals surface area contributed by atoms with E-state index >= 15 is 0 Å². The van der Waals surface area contributed by atoms with E-state index in [1.807, 2.05) is 0 Å². The predicted octanol–water partition coefficient (Wildman–Crippen LogP) is 2.55. The van der Waals surface area contributed by atoms with Crippen molar-refractivity contribution >= 4 is 50.0 Å². The van der Waals surface area contributed by atoms with Gasteiger partial charge in [-0.3, -0.25) is 0 Å². The smallest absolute Gasteiger partial charge is 0.243 e. The van der Waals surface area contributed by atoms with Gasteiger partial charge >= 0.3 is 0 Å². The van der Waals surface area contributed by atoms with Gasteiger partial charge < -0.3 is 5.32 Å². The molecule has 1 aliphatic heterocycles. The highest BCUT2D eigenvalue weighted by Crippen LogP contribution is 2.29. The van der Waals surface area contributed by atoms with Crippen molar-refractivity contribution in [2.75, 3.05) is 13.1 Å². The number of piperidine rings is 1. The lowest BCUT2D eigenvalue weighted by atomic mass is 10.1. The molecule has 8 heteroatoms. The van der Waals surface area contributed by atoms with Crippen molar-refractivity contribution in [3.05, 3.63) is 27.7 Å². The van der Waals surface area contributed by atoms with E-state index in [9.17, 15) is 8.42 Å². The summed E-state index contributed by atoms with van der Waals surface area (Å²) < 4.78 is 27.7. The second-order valence-electron chi connectivity index (χ2n) is 4.22. The number of benzene rings is 1. The minimum atomic E-state index is -3.59. The molecule has 1 saturated heterocycles. The lowest BCUT2D eigenvalue weighted by Gasteiger charge is -2.24. The Balaban J connectivity index is 0.00000180. The summed E-state index contributed by atoms with van der Waals surface area (Å²) in [6, 6.07) is 4.86. The van der Waals surface area contributed by atoms with Crippen LogP contribution in [0.25, 0.3) is 0 Å². The quantitative estimate of drug-likeness (QED) is 0.835. The highest BCUT2D eigenvalue weighted by atomic mass is 79.9. The van der Waals surface area contributed by atoms with Crippen LogP contribution < -0.4 is 10.0 Å². The second kappa shape index (κ2) is 7.24. The maximum absolute atomic E-state index is 12.3. The topological polar surface area (TPSA) is 58.2 Å². The number of hydrogen-bond acceptors (Lipinski definition) is 3. The number of rotatable bonds is 3. The zero-order valence-electron chi connectivity index (χ0n) is 10.0. The summed E-state index contributed by atoms with van der Waals surface area (Å²) in [7, 11) is -3.59. The van der Waals surface area contributed by atoms with Crippen LogP contribution in [0.2, 0.25) is 5.02 Å². The molecule has 0 aliphatic carbocycles. The molecule has 1 aromatic rings. The van der Waals surface area contributed by atoms with Gasteiger partial charge in [0.1, 0.15) is 4.90 Å². The van der Waals surface area contributed by atoms with Crippen LogP contribution in [0.5, 0.6) is 0 Å². The van der Waals surface area contributed by atoms with Crippen molar-refractivity contribution in [1.82, 2.24) is 10.0 Å². The zero-order valence-corrected chi connectivity index (χ0v) is 14.0. The molecule has 0 aromatic heterocycles. The van der Waals surface area contributed by atoms with E-state index in [-0.39, 0.29) is 28.4 Å². The van der Waals surface area contributed by atoms with Crippen LogP contribution in [0.3, 0.4) is 0 Å². The molecule has 108 valence electrons. The number of nitrogens with one attached hydrogen (secondary N) is 2. The van der Waals surface area contributed by atoms with Gasteiger partial charge in [-0.2, -0.15) is 0 Å². The van der Waals surface area contributed by atoms with Gasteiger partial charge in [0.25, 0.3) is 0 Å². The molecule has 0 bridgehead atoms. The third kappa shape index (κ3) is 4.31. The number of sulfonamides is 1. The molecule has 0 saturated carbocycles. The molecule has 1 heterocycles. The fraction of sp³-hybridized carbons (Fsp3) is 0.455. The standard InChI is InChI=1S/C11H14BrClN2O2S.ClH/c12-9-4-1-5-10(13)11(9)18(16,17)15-8-3-2-6-14-7-8;/h1,4-5,8,14-15H,2-3,6-7H2;1H/t8-;/m1./s1. The molecule has 0 amide bonds. The van der Waals surface area contributed by atoms with Crippen molar-refractivity contribution in [3.63, 3.8) is 0 Å². The Kier molecular flexibility index (Phi) is 6.56. The molecule has 1 aliphatic rings. The van der Waals surface area contributed by atoms with Crippen molar-refractivity contribution in [1.29, 1.82) is 0 Å². The van der Waals surface area contributed by atoms with E-state index in [0.717, 1.165) is 19.4 Å². The Bertz CT molecular complexity index is 513. The van der Waals surface area contributed by atoms with Crippen LogP contribution in [0.4, 0.5) is 0 Å². The van der Waals surface area contributed by atoms with E-state index in [2.05, 4.69) is 26.0 Å². The molecule has 0 unspecified atom stereocenters. The molecule has 2 N–H and O–H groups in total. The summed E-state index contributed by atoms with van der Waals surface area (Å²) in [5.74, 6) is 0. The van der Waals surface area contributed by atoms with Crippen LogP contribution in [-0.4, -0.2) is 27.5 Å². The van der Waals surface area contributed by atoms with Gasteiger partial charge in [0.15, 0.2) is 0 Å². The minimum Gasteiger partial charge on any atom is -0.315 e. The summed E-state index contributed by atoms with van der Waals surface area (Å²) in [6.07, 6.45) is 1.81. The summed E-state index contributed by atoms with van der Waals surface area (Å²) >= 11 is 9.20. The Hall–Kier alpha value is 0.150. The third-order valence-corrected chi connectivity index (χ3v) is 5.78. The summed E-state index contributed by atoms with van der Waals surface area (Å²) in [6.45, 7) is 1.59. The van der Waals surface area contributed by atoms with Crippen LogP contribution in [-0.2, 0) is 10.0 Å². The predicted molar refractivity (Wildman–Crippen MR) is 82.6 cm³/mol. The first kappa shape index (κ1) is 17.2. The SMILES string of the molecule is Cl.O=S(=O)(N[C@@H]1CCCNC1)c1c(Cl)cccc1Br. The van der Waals surface area contributed by atoms with Gasteiger partial charge in [-0.15, -0.1) is 12.4 Å². The Morgan fingerprint density at radius 1 is 1.42 bits per heavy atom. The van der Waals surface area contributed by atoms with Crippen LogP contribution in [0, 0.1) is 0 Å². The molecule has 4 nitrogen and oxygen atoms in total. The highest BCUT2D eigenvalue weighted by Gasteiger charge is 2.25. The highest BCUT2D eigenvalue weighted by molar-refractivity contribution is 9.10. The Morgan fingerprint density at radius 2 is 2.16 bits per heavy atom. The maximum atomic E-state index is 12.3. The molecule has 1 atom stereocenters. The van der Waals surface area contributed by atoms with Gasteiger partial charge in [-0.1, -0.05) is 17.7 Å². The van der Waals surface area contributed by atoms with E-state index in [1.165, 1.54) is 0 Å². The molecule has 0 radical (unpaired) electrons. The van der Waals surface area contributed by atoms with Gasteiger partial charge in [0.2, 0.25) is 10.0 Å². The first-order chi connectivity index (χ1) is 8.50. The molecule has 19 heavy (non-hydrogen) atoms. The van der Waals surface area contributed by atoms with Crippen molar-refractivity contribution in [2.45, 2.75) is 23.8 Å². The first-order valence-corrected chi connectivity index (χ1v) is 8.33. The summed E-state index contributed by atoms with van der Waals surface area (Å²) in [5, 5.41) is 3.39. The summed E-state index contributed by atoms with van der Waals surface area (Å²) in [5.41, 5.74) is 0. The van der Waals surface area contributed by atoms with Crippen molar-refractivity contribution in [3.8, 4) is 0 Å². The van der Waals surface area contributed by atoms with Gasteiger partial charge in [0, 0.05) is 17.1 Å². The largest absolute Gasteiger partial charge is 0.315 e. The molecule has 1 aromatic carbocycles. The second-order valence-corrected chi connectivity index (χ2v) is 7.13. The lowest BCUT2D eigenvalue weighted by molar-refractivity contribution is 0.428. The molecular weight excluding hydrogens is 375 g/mol. The normalized spacial score (nSPS) is 19.8. The zero-order chi connectivity index (χ0) is 13.2. The Morgan fingerprint density at radius 3 is 2.74 bits per heavy atom. The van der Waals surface area contributed by atoms with Crippen LogP contribution >= 0.6 is 39.9 Å². The molecule has 1 fully saturated rings. The lowest BCUT2D eigenvalue weighted by Crippen LogP contribution is -2.45. The number of halogens is 3. The van der Waals surface area contributed by atoms with Gasteiger partial charge in [0.05, 0.1) is 5.02 Å². The van der Waals surface area contributed by atoms with E-state index in [1.54, 1.807) is 18.2 Å². The van der Waals surface area contributed by atoms with Crippen molar-refractivity contribution < 1.29 is 8.42 Å². The van der Waals surface area contributed by atoms with Gasteiger partial charge in [-0.05, 0) is 47.4 Å². The van der Waals surface area contributed by atoms with E-state index in [0.29, 0.717) is 11.0 Å². The maximum Gasteiger partial charge on any atom is 0.243 e. The third-order valence-electron chi connectivity index (χ3n) is 2.81. The fourth-order valence-electron chi connectivity index (χ4n) is 1.97. The van der Waals surface area contributed by atoms with Crippen LogP contribution in [0.1, 0.15) is 12.8 Å². The van der Waals surface area contributed by atoms with Crippen molar-refractivity contribution in [2.24, 2.45) is 0 Å². The molecule has 2 rings (SSSR count).